The third kappa shape index (κ3) is 4.69. The number of anilines is 1. The summed E-state index contributed by atoms with van der Waals surface area (Å²) in [5, 5.41) is 2.56. The Morgan fingerprint density at radius 1 is 1.43 bits per heavy atom. The molecular weight excluding hydrogens is 294 g/mol. The first-order chi connectivity index (χ1) is 9.78. The van der Waals surface area contributed by atoms with Gasteiger partial charge in [0.05, 0.1) is 18.0 Å². The maximum atomic E-state index is 12.3. The molecule has 1 aromatic rings. The number of benzene rings is 1. The van der Waals surface area contributed by atoms with Gasteiger partial charge < -0.3 is 15.8 Å². The van der Waals surface area contributed by atoms with Crippen LogP contribution in [0.4, 0.5) is 5.69 Å². The van der Waals surface area contributed by atoms with Crippen LogP contribution in [0.5, 0.6) is 0 Å². The fourth-order valence-corrected chi connectivity index (χ4v) is 2.76. The average Bonchev–Trinajstić information content (AvgIpc) is 2.41. The molecule has 0 radical (unpaired) electrons. The highest BCUT2D eigenvalue weighted by atomic mass is 32.2. The number of carbonyl (C=O) groups excluding carboxylic acids is 1. The predicted octanol–water partition coefficient (Wildman–Crippen LogP) is -0.0397. The Bertz CT molecular complexity index is 601. The van der Waals surface area contributed by atoms with Gasteiger partial charge in [0.1, 0.15) is 0 Å². The first-order valence-corrected chi connectivity index (χ1v) is 7.81. The number of nitrogens with zero attached hydrogens (tertiary/aromatic N) is 1. The van der Waals surface area contributed by atoms with Gasteiger partial charge in [-0.1, -0.05) is 6.07 Å². The van der Waals surface area contributed by atoms with Crippen molar-refractivity contribution in [1.82, 2.24) is 9.62 Å². The lowest BCUT2D eigenvalue weighted by atomic mass is 10.2. The highest BCUT2D eigenvalue weighted by molar-refractivity contribution is 7.89. The fourth-order valence-electron chi connectivity index (χ4n) is 1.59. The topological polar surface area (TPSA) is 102 Å². The van der Waals surface area contributed by atoms with Crippen LogP contribution in [-0.4, -0.2) is 52.5 Å². The number of ether oxygens (including phenoxy) is 1. The zero-order chi connectivity index (χ0) is 16.0. The lowest BCUT2D eigenvalue weighted by molar-refractivity contribution is -0.121. The predicted molar refractivity (Wildman–Crippen MR) is 80.3 cm³/mol. The molecule has 0 aliphatic heterocycles. The van der Waals surface area contributed by atoms with Gasteiger partial charge >= 0.3 is 0 Å². The Balaban J connectivity index is 2.77. The minimum absolute atomic E-state index is 0.0674. The summed E-state index contributed by atoms with van der Waals surface area (Å²) in [6.45, 7) is 2.23. The molecule has 1 rings (SSSR count). The van der Waals surface area contributed by atoms with Crippen LogP contribution in [0, 0.1) is 6.92 Å². The first-order valence-electron chi connectivity index (χ1n) is 6.37. The Kier molecular flexibility index (Phi) is 6.13. The number of hydrogen-bond donors (Lipinski definition) is 2. The number of amides is 1. The average molecular weight is 315 g/mol. The molecule has 1 aromatic carbocycles. The molecule has 0 bridgehead atoms. The van der Waals surface area contributed by atoms with Crippen molar-refractivity contribution < 1.29 is 17.9 Å². The van der Waals surface area contributed by atoms with Crippen molar-refractivity contribution in [3.63, 3.8) is 0 Å². The summed E-state index contributed by atoms with van der Waals surface area (Å²) in [5.74, 6) is -0.391. The van der Waals surface area contributed by atoms with Crippen LogP contribution in [0.1, 0.15) is 5.56 Å². The van der Waals surface area contributed by atoms with Crippen LogP contribution in [-0.2, 0) is 19.6 Å². The van der Waals surface area contributed by atoms with E-state index in [-0.39, 0.29) is 11.4 Å². The monoisotopic (exact) mass is 315 g/mol. The summed E-state index contributed by atoms with van der Waals surface area (Å²) in [4.78, 5) is 11.7. The number of nitrogens with one attached hydrogen (secondary N) is 1. The number of nitrogen functional groups attached to an aromatic ring is 1. The fraction of sp³-hybridized carbons (Fsp3) is 0.462. The van der Waals surface area contributed by atoms with E-state index in [1.807, 2.05) is 0 Å². The molecule has 0 aliphatic rings. The molecule has 21 heavy (non-hydrogen) atoms. The molecule has 0 saturated heterocycles. The number of aryl methyl sites for hydroxylation is 1. The van der Waals surface area contributed by atoms with E-state index in [0.29, 0.717) is 18.8 Å². The lowest BCUT2D eigenvalue weighted by Gasteiger charge is -2.17. The van der Waals surface area contributed by atoms with Crippen molar-refractivity contribution in [2.75, 3.05) is 39.6 Å². The smallest absolute Gasteiger partial charge is 0.243 e. The summed E-state index contributed by atoms with van der Waals surface area (Å²) in [6, 6.07) is 4.50. The second-order valence-electron chi connectivity index (χ2n) is 4.62. The third-order valence-corrected chi connectivity index (χ3v) is 4.75. The summed E-state index contributed by atoms with van der Waals surface area (Å²) in [5.41, 5.74) is 6.92. The van der Waals surface area contributed by atoms with Crippen LogP contribution in [0.2, 0.25) is 0 Å². The Labute approximate surface area is 125 Å². The van der Waals surface area contributed by atoms with E-state index in [4.69, 9.17) is 10.5 Å². The van der Waals surface area contributed by atoms with Gasteiger partial charge in [0, 0.05) is 26.4 Å². The standard InChI is InChI=1S/C13H21N3O4S/c1-10-4-5-11(8-12(10)14)21(18,19)16(2)9-13(17)15-6-7-20-3/h4-5,8H,6-7,9,14H2,1-3H3,(H,15,17). The van der Waals surface area contributed by atoms with Gasteiger partial charge in [0.2, 0.25) is 15.9 Å². The second-order valence-corrected chi connectivity index (χ2v) is 6.67. The van der Waals surface area contributed by atoms with Gasteiger partial charge in [-0.15, -0.1) is 0 Å². The highest BCUT2D eigenvalue weighted by Crippen LogP contribution is 2.19. The molecule has 0 fully saturated rings. The quantitative estimate of drug-likeness (QED) is 0.543. The molecule has 0 aromatic heterocycles. The Morgan fingerprint density at radius 2 is 2.10 bits per heavy atom. The van der Waals surface area contributed by atoms with Crippen molar-refractivity contribution in [3.05, 3.63) is 23.8 Å². The number of rotatable bonds is 7. The number of sulfonamides is 1. The Hall–Kier alpha value is -1.64. The van der Waals surface area contributed by atoms with Gasteiger partial charge in [-0.3, -0.25) is 4.79 Å². The van der Waals surface area contributed by atoms with E-state index < -0.39 is 15.9 Å². The van der Waals surface area contributed by atoms with Crippen molar-refractivity contribution >= 4 is 21.6 Å². The van der Waals surface area contributed by atoms with Crippen LogP contribution < -0.4 is 11.1 Å². The SMILES string of the molecule is COCCNC(=O)CN(C)S(=O)(=O)c1ccc(C)c(N)c1. The number of methoxy groups -OCH3 is 1. The normalized spacial score (nSPS) is 11.6. The zero-order valence-corrected chi connectivity index (χ0v) is 13.2. The van der Waals surface area contributed by atoms with Crippen LogP contribution in [0.25, 0.3) is 0 Å². The number of carbonyl (C=O) groups is 1. The zero-order valence-electron chi connectivity index (χ0n) is 12.4. The van der Waals surface area contributed by atoms with E-state index in [1.165, 1.54) is 26.3 Å². The maximum absolute atomic E-state index is 12.3. The lowest BCUT2D eigenvalue weighted by Crippen LogP contribution is -2.39. The molecule has 0 atom stereocenters. The molecule has 118 valence electrons. The summed E-state index contributed by atoms with van der Waals surface area (Å²) >= 11 is 0. The maximum Gasteiger partial charge on any atom is 0.243 e. The summed E-state index contributed by atoms with van der Waals surface area (Å²) < 4.78 is 30.4. The number of nitrogens with two attached hydrogens (primary N) is 1. The summed E-state index contributed by atoms with van der Waals surface area (Å²) in [7, 11) is -0.876. The van der Waals surface area contributed by atoms with Crippen molar-refractivity contribution in [2.24, 2.45) is 0 Å². The van der Waals surface area contributed by atoms with E-state index in [1.54, 1.807) is 13.0 Å². The minimum atomic E-state index is -3.74. The van der Waals surface area contributed by atoms with Gasteiger partial charge in [-0.25, -0.2) is 8.42 Å². The van der Waals surface area contributed by atoms with E-state index in [0.717, 1.165) is 9.87 Å². The van der Waals surface area contributed by atoms with Crippen LogP contribution in [0.3, 0.4) is 0 Å². The van der Waals surface area contributed by atoms with Crippen LogP contribution >= 0.6 is 0 Å². The van der Waals surface area contributed by atoms with Gasteiger partial charge in [-0.2, -0.15) is 4.31 Å². The molecule has 0 aliphatic carbocycles. The largest absolute Gasteiger partial charge is 0.398 e. The molecular formula is C13H21N3O4S. The molecule has 3 N–H and O–H groups in total. The van der Waals surface area contributed by atoms with Crippen molar-refractivity contribution in [3.8, 4) is 0 Å². The van der Waals surface area contributed by atoms with Gasteiger partial charge in [-0.05, 0) is 24.6 Å². The first kappa shape index (κ1) is 17.4. The minimum Gasteiger partial charge on any atom is -0.398 e. The van der Waals surface area contributed by atoms with Gasteiger partial charge in [0.15, 0.2) is 0 Å². The molecule has 0 spiro atoms. The van der Waals surface area contributed by atoms with E-state index in [2.05, 4.69) is 5.32 Å². The molecule has 8 heteroatoms. The highest BCUT2D eigenvalue weighted by Gasteiger charge is 2.23. The van der Waals surface area contributed by atoms with Crippen molar-refractivity contribution in [2.45, 2.75) is 11.8 Å². The van der Waals surface area contributed by atoms with E-state index >= 15 is 0 Å². The number of likely N-dealkylation sites (N-methyl/N-ethyl adjacent to an activating group) is 1. The molecule has 7 nitrogen and oxygen atoms in total. The van der Waals surface area contributed by atoms with Crippen LogP contribution in [0.15, 0.2) is 23.1 Å². The molecule has 0 heterocycles. The molecule has 1 amide bonds. The van der Waals surface area contributed by atoms with E-state index in [9.17, 15) is 13.2 Å². The summed E-state index contributed by atoms with van der Waals surface area (Å²) in [6.07, 6.45) is 0. The molecule has 0 saturated carbocycles. The Morgan fingerprint density at radius 3 is 2.67 bits per heavy atom. The number of hydrogen-bond acceptors (Lipinski definition) is 5. The molecule has 0 unspecified atom stereocenters. The second kappa shape index (κ2) is 7.39. The van der Waals surface area contributed by atoms with Gasteiger partial charge in [0.25, 0.3) is 0 Å². The van der Waals surface area contributed by atoms with Crippen molar-refractivity contribution in [1.29, 1.82) is 0 Å². The third-order valence-electron chi connectivity index (χ3n) is 2.95.